The van der Waals surface area contributed by atoms with E-state index in [-0.39, 0.29) is 11.5 Å². The maximum Gasteiger partial charge on any atom is 0.333 e. The Morgan fingerprint density at radius 3 is 2.74 bits per heavy atom. The molecule has 0 heterocycles. The Morgan fingerprint density at radius 2 is 2.03 bits per heavy atom. The Balaban J connectivity index is 1.58. The molecular weight excluding hydrogens is 396 g/mol. The van der Waals surface area contributed by atoms with E-state index in [0.29, 0.717) is 29.4 Å². The largest absolute Gasteiger partial charge is 0.479 e. The van der Waals surface area contributed by atoms with Crippen LogP contribution in [0.2, 0.25) is 0 Å². The number of hydrogen-bond donors (Lipinski definition) is 3. The number of benzene rings is 1. The van der Waals surface area contributed by atoms with E-state index in [0.717, 1.165) is 44.9 Å². The maximum absolute atomic E-state index is 12.0. The molecule has 170 valence electrons. The molecule has 0 radical (unpaired) electrons. The van der Waals surface area contributed by atoms with Gasteiger partial charge in [0.1, 0.15) is 5.75 Å². The fourth-order valence-electron chi connectivity index (χ4n) is 6.87. The van der Waals surface area contributed by atoms with Gasteiger partial charge in [-0.05, 0) is 84.5 Å². The Morgan fingerprint density at radius 1 is 1.26 bits per heavy atom. The van der Waals surface area contributed by atoms with Crippen LogP contribution in [0, 0.1) is 23.2 Å². The van der Waals surface area contributed by atoms with E-state index in [9.17, 15) is 19.8 Å². The Kier molecular flexibility index (Phi) is 6.14. The van der Waals surface area contributed by atoms with Crippen LogP contribution in [0.4, 0.5) is 0 Å². The molecule has 0 bridgehead atoms. The van der Waals surface area contributed by atoms with Gasteiger partial charge in [0.2, 0.25) is 0 Å². The molecule has 31 heavy (non-hydrogen) atoms. The first-order valence-corrected chi connectivity index (χ1v) is 11.7. The van der Waals surface area contributed by atoms with Gasteiger partial charge in [-0.1, -0.05) is 32.8 Å². The number of carbonyl (C=O) groups is 2. The number of hydrogen-bond acceptors (Lipinski definition) is 5. The fraction of sp³-hybridized carbons (Fsp3) is 0.680. The van der Waals surface area contributed by atoms with Crippen LogP contribution in [-0.4, -0.2) is 39.5 Å². The van der Waals surface area contributed by atoms with Crippen LogP contribution in [0.15, 0.2) is 18.2 Å². The highest BCUT2D eigenvalue weighted by Crippen LogP contribution is 2.62. The summed E-state index contributed by atoms with van der Waals surface area (Å²) in [6, 6.07) is 5.79. The highest BCUT2D eigenvalue weighted by atomic mass is 16.5. The number of esters is 1. The second-order valence-corrected chi connectivity index (χ2v) is 10.1. The van der Waals surface area contributed by atoms with Crippen LogP contribution < -0.4 is 4.74 Å². The van der Waals surface area contributed by atoms with Gasteiger partial charge in [-0.2, -0.15) is 0 Å². The number of carbonyl (C=O) groups excluding carboxylic acids is 1. The van der Waals surface area contributed by atoms with Crippen molar-refractivity contribution in [1.29, 1.82) is 0 Å². The zero-order chi connectivity index (χ0) is 22.3. The van der Waals surface area contributed by atoms with Gasteiger partial charge in [0, 0.05) is 0 Å². The molecule has 3 aliphatic carbocycles. The molecule has 1 unspecified atom stereocenters. The Labute approximate surface area is 183 Å². The second kappa shape index (κ2) is 8.55. The van der Waals surface area contributed by atoms with Crippen molar-refractivity contribution in [1.82, 2.24) is 0 Å². The van der Waals surface area contributed by atoms with Crippen molar-refractivity contribution in [2.45, 2.75) is 83.3 Å². The summed E-state index contributed by atoms with van der Waals surface area (Å²) in [5.41, 5.74) is 2.59. The van der Waals surface area contributed by atoms with Crippen molar-refractivity contribution >= 4 is 11.9 Å². The van der Waals surface area contributed by atoms with Crippen LogP contribution >= 0.6 is 0 Å². The van der Waals surface area contributed by atoms with Gasteiger partial charge in [0.05, 0.1) is 12.5 Å². The van der Waals surface area contributed by atoms with Gasteiger partial charge in [-0.15, -0.1) is 0 Å². The van der Waals surface area contributed by atoms with Crippen LogP contribution in [0.25, 0.3) is 0 Å². The highest BCUT2D eigenvalue weighted by Gasteiger charge is 2.56. The molecule has 1 aromatic carbocycles. The second-order valence-electron chi connectivity index (χ2n) is 10.1. The van der Waals surface area contributed by atoms with E-state index in [1.807, 2.05) is 6.07 Å². The normalized spacial score (nSPS) is 34.9. The lowest BCUT2D eigenvalue weighted by Gasteiger charge is -2.53. The van der Waals surface area contributed by atoms with Gasteiger partial charge in [-0.3, -0.25) is 4.79 Å². The molecule has 1 aromatic rings. The average Bonchev–Trinajstić information content (AvgIpc) is 3.02. The zero-order valence-corrected chi connectivity index (χ0v) is 18.4. The zero-order valence-electron chi connectivity index (χ0n) is 18.4. The first-order valence-electron chi connectivity index (χ1n) is 11.7. The van der Waals surface area contributed by atoms with Gasteiger partial charge < -0.3 is 20.1 Å². The Hall–Kier alpha value is -1.92. The monoisotopic (exact) mass is 430 g/mol. The molecule has 6 nitrogen and oxygen atoms in total. The minimum atomic E-state index is -1.75. The fourth-order valence-corrected chi connectivity index (χ4v) is 6.87. The van der Waals surface area contributed by atoms with Crippen LogP contribution in [-0.2, 0) is 16.0 Å². The van der Waals surface area contributed by atoms with Gasteiger partial charge in [-0.25, -0.2) is 4.79 Å². The molecule has 0 aromatic heterocycles. The number of rotatable bonds is 6. The van der Waals surface area contributed by atoms with Crippen LogP contribution in [0.5, 0.6) is 5.75 Å². The third-order valence-corrected chi connectivity index (χ3v) is 8.36. The summed E-state index contributed by atoms with van der Waals surface area (Å²) in [4.78, 5) is 22.8. The smallest absolute Gasteiger partial charge is 0.333 e. The predicted molar refractivity (Wildman–Crippen MR) is 115 cm³/mol. The summed E-state index contributed by atoms with van der Waals surface area (Å²) >= 11 is 0. The number of ether oxygens (including phenoxy) is 1. The Bertz CT molecular complexity index is 850. The van der Waals surface area contributed by atoms with E-state index in [2.05, 4.69) is 19.9 Å². The van der Waals surface area contributed by atoms with Gasteiger partial charge >= 0.3 is 11.9 Å². The summed E-state index contributed by atoms with van der Waals surface area (Å²) in [5, 5.41) is 28.9. The molecular formula is C25H34O6. The van der Waals surface area contributed by atoms with Crippen molar-refractivity contribution < 1.29 is 29.6 Å². The highest BCUT2D eigenvalue weighted by molar-refractivity contribution is 5.81. The molecule has 3 aliphatic rings. The van der Waals surface area contributed by atoms with Crippen molar-refractivity contribution in [2.75, 3.05) is 0 Å². The SMILES string of the molecule is CCC[C@@H]1Cc2cc(OC(=O)CC(O)C(=O)O)ccc2[C@H]2CC[C@]3(C)[C@@H](O)CC[C@H]3[C@H]12. The average molecular weight is 431 g/mol. The van der Waals surface area contributed by atoms with Crippen LogP contribution in [0.3, 0.4) is 0 Å². The predicted octanol–water partition coefficient (Wildman–Crippen LogP) is 3.67. The number of aliphatic hydroxyl groups excluding tert-OH is 2. The molecule has 3 N–H and O–H groups in total. The number of aliphatic hydroxyl groups is 2. The summed E-state index contributed by atoms with van der Waals surface area (Å²) in [6.07, 6.45) is 4.84. The number of carboxylic acids is 1. The first kappa shape index (κ1) is 22.3. The molecule has 0 aliphatic heterocycles. The molecule has 2 saturated carbocycles. The summed E-state index contributed by atoms with van der Waals surface area (Å²) in [5.74, 6) is 0.397. The van der Waals surface area contributed by atoms with E-state index in [1.165, 1.54) is 11.1 Å². The first-order chi connectivity index (χ1) is 14.7. The minimum Gasteiger partial charge on any atom is -0.479 e. The third kappa shape index (κ3) is 4.00. The standard InChI is InChI=1S/C25H34O6/c1-3-4-14-11-15-12-16(31-22(28)13-20(26)24(29)30)5-6-17(15)18-9-10-25(2)19(23(14)18)7-8-21(25)27/h5-6,12,14,18-21,23,26-27H,3-4,7-11,13H2,1-2H3,(H,29,30)/t14-,18-,19+,20?,21+,23-,25+/m1/s1. The van der Waals surface area contributed by atoms with Gasteiger partial charge in [0.25, 0.3) is 0 Å². The van der Waals surface area contributed by atoms with Crippen molar-refractivity contribution in [3.05, 3.63) is 29.3 Å². The molecule has 0 amide bonds. The molecule has 0 saturated heterocycles. The van der Waals surface area contributed by atoms with Crippen LogP contribution in [0.1, 0.15) is 75.8 Å². The maximum atomic E-state index is 12.0. The topological polar surface area (TPSA) is 104 Å². The van der Waals surface area contributed by atoms with Crippen molar-refractivity contribution in [3.63, 3.8) is 0 Å². The van der Waals surface area contributed by atoms with E-state index >= 15 is 0 Å². The molecule has 4 rings (SSSR count). The summed E-state index contributed by atoms with van der Waals surface area (Å²) in [7, 11) is 0. The van der Waals surface area contributed by atoms with Crippen molar-refractivity contribution in [2.24, 2.45) is 23.2 Å². The molecule has 2 fully saturated rings. The number of carboxylic acid groups (broad SMARTS) is 1. The van der Waals surface area contributed by atoms with Crippen molar-refractivity contribution in [3.8, 4) is 5.75 Å². The number of fused-ring (bicyclic) bond motifs is 5. The third-order valence-electron chi connectivity index (χ3n) is 8.36. The van der Waals surface area contributed by atoms with E-state index in [4.69, 9.17) is 9.84 Å². The molecule has 7 atom stereocenters. The summed E-state index contributed by atoms with van der Waals surface area (Å²) in [6.45, 7) is 4.51. The quantitative estimate of drug-likeness (QED) is 0.470. The van der Waals surface area contributed by atoms with E-state index < -0.39 is 24.5 Å². The molecule has 0 spiro atoms. The minimum absolute atomic E-state index is 0.0328. The van der Waals surface area contributed by atoms with E-state index in [1.54, 1.807) is 6.07 Å². The number of aliphatic carboxylic acids is 1. The lowest BCUT2D eigenvalue weighted by atomic mass is 9.52. The van der Waals surface area contributed by atoms with Gasteiger partial charge in [0.15, 0.2) is 6.10 Å². The molecule has 6 heteroatoms. The lowest BCUT2D eigenvalue weighted by molar-refractivity contribution is -0.152. The summed E-state index contributed by atoms with van der Waals surface area (Å²) < 4.78 is 5.34. The lowest BCUT2D eigenvalue weighted by Crippen LogP contribution is -2.47.